The lowest BCUT2D eigenvalue weighted by Gasteiger charge is -2.37. The largest absolute Gasteiger partial charge is 0.480 e. The molecule has 3 rings (SSSR count). The van der Waals surface area contributed by atoms with Gasteiger partial charge in [-0.15, -0.1) is 0 Å². The maximum absolute atomic E-state index is 13.9. The topological polar surface area (TPSA) is 159 Å². The molecule has 200 valence electrons. The molecule has 0 saturated carbocycles. The zero-order chi connectivity index (χ0) is 27.3. The fourth-order valence-corrected chi connectivity index (χ4v) is 6.41. The Bertz CT molecular complexity index is 1370. The molecule has 1 saturated heterocycles. The van der Waals surface area contributed by atoms with E-state index >= 15 is 0 Å². The summed E-state index contributed by atoms with van der Waals surface area (Å²) in [5.74, 6) is -1.45. The van der Waals surface area contributed by atoms with Crippen LogP contribution in [0.3, 0.4) is 0 Å². The van der Waals surface area contributed by atoms with E-state index in [4.69, 9.17) is 4.74 Å². The van der Waals surface area contributed by atoms with Crippen LogP contribution in [-0.2, 0) is 27.7 Å². The molecule has 2 heterocycles. The van der Waals surface area contributed by atoms with E-state index < -0.39 is 36.5 Å². The van der Waals surface area contributed by atoms with Crippen molar-refractivity contribution >= 4 is 19.2 Å². The first-order valence-corrected chi connectivity index (χ1v) is 13.5. The van der Waals surface area contributed by atoms with Crippen LogP contribution in [0.25, 0.3) is 0 Å². The Kier molecular flexibility index (Phi) is 9.04. The highest BCUT2D eigenvalue weighted by molar-refractivity contribution is 7.59. The van der Waals surface area contributed by atoms with Gasteiger partial charge in [-0.25, -0.2) is 19.4 Å². The first kappa shape index (κ1) is 28.3. The van der Waals surface area contributed by atoms with Gasteiger partial charge in [-0.2, -0.15) is 5.26 Å². The third-order valence-corrected chi connectivity index (χ3v) is 8.32. The van der Waals surface area contributed by atoms with Crippen molar-refractivity contribution in [2.75, 3.05) is 31.4 Å². The average molecular weight is 537 g/mol. The van der Waals surface area contributed by atoms with Crippen molar-refractivity contribution in [2.45, 2.75) is 38.4 Å². The van der Waals surface area contributed by atoms with Crippen molar-refractivity contribution in [3.05, 3.63) is 62.0 Å². The number of methoxy groups -OCH3 is 1. The molecule has 1 aromatic heterocycles. The van der Waals surface area contributed by atoms with E-state index in [-0.39, 0.29) is 42.4 Å². The predicted molar refractivity (Wildman–Crippen MR) is 134 cm³/mol. The number of aromatic nitrogens is 2. The summed E-state index contributed by atoms with van der Waals surface area (Å²) in [4.78, 5) is 38.7. The minimum Gasteiger partial charge on any atom is -0.480 e. The molecule has 0 bridgehead atoms. The molecule has 0 spiro atoms. The first-order valence-electron chi connectivity index (χ1n) is 11.6. The smallest absolute Gasteiger partial charge is 0.332 e. The van der Waals surface area contributed by atoms with Crippen LogP contribution in [-0.4, -0.2) is 58.8 Å². The Hall–Kier alpha value is -3.30. The van der Waals surface area contributed by atoms with E-state index in [0.29, 0.717) is 19.4 Å². The van der Waals surface area contributed by atoms with Crippen LogP contribution in [0, 0.1) is 17.1 Å². The number of piperidine rings is 1. The van der Waals surface area contributed by atoms with E-state index in [9.17, 15) is 33.7 Å². The number of aliphatic carboxylic acids is 1. The molecule has 0 amide bonds. The number of benzene rings is 1. The number of nitrogens with zero attached hydrogens (tertiary/aromatic N) is 4. The summed E-state index contributed by atoms with van der Waals surface area (Å²) < 4.78 is 34.6. The molecule has 1 aliphatic heterocycles. The molecule has 0 radical (unpaired) electrons. The highest BCUT2D eigenvalue weighted by Crippen LogP contribution is 2.38. The van der Waals surface area contributed by atoms with Gasteiger partial charge < -0.3 is 14.7 Å². The minimum atomic E-state index is -3.47. The summed E-state index contributed by atoms with van der Waals surface area (Å²) in [6, 6.07) is 5.48. The summed E-state index contributed by atoms with van der Waals surface area (Å²) in [5, 5.41) is 24.3. The zero-order valence-corrected chi connectivity index (χ0v) is 21.7. The molecule has 1 unspecified atom stereocenters. The standard InChI is InChI=1S/C23H30FN6O6P/c1-15(22(32)33)26-37(35,14-36-3)27-19-5-4-8-29(13-19)20-10-21(31)28(2)23(34)30(20)12-17-9-18(24)7-6-16(17)11-25/h6-7,9-10,15,19H,4-5,8,12-14H2,1-3H3,(H,32,33)(H2,26,27,35)/t15-,19+,37?/m0/s1. The van der Waals surface area contributed by atoms with Crippen LogP contribution in [0.4, 0.5) is 10.2 Å². The second kappa shape index (κ2) is 11.8. The second-order valence-corrected chi connectivity index (χ2v) is 11.2. The number of carboxylic acids is 1. The first-order chi connectivity index (χ1) is 17.5. The number of halogens is 1. The number of hydrogen-bond donors (Lipinski definition) is 3. The number of ether oxygens (including phenoxy) is 1. The predicted octanol–water partition coefficient (Wildman–Crippen LogP) is 1.02. The average Bonchev–Trinajstić information content (AvgIpc) is 2.84. The Morgan fingerprint density at radius 1 is 1.38 bits per heavy atom. The number of carbonyl (C=O) groups is 1. The number of rotatable bonds is 10. The van der Waals surface area contributed by atoms with Crippen LogP contribution in [0.5, 0.6) is 0 Å². The van der Waals surface area contributed by atoms with Gasteiger partial charge >= 0.3 is 11.7 Å². The highest BCUT2D eigenvalue weighted by Gasteiger charge is 2.32. The van der Waals surface area contributed by atoms with Gasteiger partial charge in [-0.1, -0.05) is 0 Å². The van der Waals surface area contributed by atoms with Crippen LogP contribution < -0.4 is 26.3 Å². The fraction of sp³-hybridized carbons (Fsp3) is 0.478. The van der Waals surface area contributed by atoms with Gasteiger partial charge in [0.2, 0.25) is 7.44 Å². The lowest BCUT2D eigenvalue weighted by Crippen LogP contribution is -2.50. The fourth-order valence-electron chi connectivity index (χ4n) is 4.29. The van der Waals surface area contributed by atoms with E-state index in [1.165, 1.54) is 43.8 Å². The SMILES string of the molecule is COCP(=O)(N[C@@H]1CCCN(c2cc(=O)n(C)c(=O)n2Cc2cc(F)ccc2C#N)C1)N[C@@H](C)C(=O)O. The van der Waals surface area contributed by atoms with Gasteiger partial charge in [0.15, 0.2) is 0 Å². The Balaban J connectivity index is 1.95. The van der Waals surface area contributed by atoms with E-state index in [2.05, 4.69) is 10.2 Å². The molecular weight excluding hydrogens is 506 g/mol. The van der Waals surface area contributed by atoms with Gasteiger partial charge in [0, 0.05) is 39.4 Å². The number of nitriles is 1. The molecule has 2 aromatic rings. The van der Waals surface area contributed by atoms with E-state index in [1.807, 2.05) is 6.07 Å². The summed E-state index contributed by atoms with van der Waals surface area (Å²) in [7, 11) is -0.779. The maximum Gasteiger partial charge on any atom is 0.332 e. The Morgan fingerprint density at radius 3 is 2.76 bits per heavy atom. The summed E-state index contributed by atoms with van der Waals surface area (Å²) in [5.41, 5.74) is -0.682. The number of carboxylic acid groups (broad SMARTS) is 1. The molecule has 1 aliphatic rings. The van der Waals surface area contributed by atoms with E-state index in [0.717, 1.165) is 10.6 Å². The molecule has 3 atom stereocenters. The summed E-state index contributed by atoms with van der Waals surface area (Å²) in [6.07, 6.45) is 0.977. The van der Waals surface area contributed by atoms with Gasteiger partial charge in [-0.3, -0.25) is 23.3 Å². The van der Waals surface area contributed by atoms with Gasteiger partial charge in [0.25, 0.3) is 5.56 Å². The second-order valence-electron chi connectivity index (χ2n) is 8.94. The lowest BCUT2D eigenvalue weighted by atomic mass is 10.1. The molecule has 37 heavy (non-hydrogen) atoms. The molecule has 0 aliphatic carbocycles. The summed E-state index contributed by atoms with van der Waals surface area (Å²) in [6.45, 7) is 1.96. The Morgan fingerprint density at radius 2 is 2.11 bits per heavy atom. The zero-order valence-electron chi connectivity index (χ0n) is 20.8. The van der Waals surface area contributed by atoms with Crippen molar-refractivity contribution in [3.8, 4) is 6.07 Å². The van der Waals surface area contributed by atoms with E-state index in [1.54, 1.807) is 4.90 Å². The van der Waals surface area contributed by atoms with Crippen molar-refractivity contribution in [1.29, 1.82) is 5.26 Å². The summed E-state index contributed by atoms with van der Waals surface area (Å²) >= 11 is 0. The monoisotopic (exact) mass is 536 g/mol. The quantitative estimate of drug-likeness (QED) is 0.374. The number of anilines is 1. The molecule has 1 aromatic carbocycles. The Labute approximate surface area is 212 Å². The van der Waals surface area contributed by atoms with Gasteiger partial charge in [-0.05, 0) is 43.5 Å². The van der Waals surface area contributed by atoms with Crippen LogP contribution in [0.2, 0.25) is 0 Å². The molecule has 12 nitrogen and oxygen atoms in total. The molecular formula is C23H30FN6O6P. The highest BCUT2D eigenvalue weighted by atomic mass is 31.2. The van der Waals surface area contributed by atoms with Crippen LogP contribution in [0.15, 0.2) is 33.9 Å². The van der Waals surface area contributed by atoms with Gasteiger partial charge in [0.1, 0.15) is 24.0 Å². The molecule has 14 heteroatoms. The van der Waals surface area contributed by atoms with Crippen LogP contribution >= 0.6 is 7.44 Å². The maximum atomic E-state index is 13.9. The van der Waals surface area contributed by atoms with Crippen molar-refractivity contribution in [1.82, 2.24) is 19.3 Å². The molecule has 1 fully saturated rings. The van der Waals surface area contributed by atoms with Crippen molar-refractivity contribution in [3.63, 3.8) is 0 Å². The lowest BCUT2D eigenvalue weighted by molar-refractivity contribution is -0.138. The third-order valence-electron chi connectivity index (χ3n) is 6.11. The minimum absolute atomic E-state index is 0.141. The number of hydrogen-bond acceptors (Lipinski definition) is 7. The van der Waals surface area contributed by atoms with Crippen LogP contribution in [0.1, 0.15) is 30.9 Å². The normalized spacial score (nSPS) is 18.1. The van der Waals surface area contributed by atoms with Crippen molar-refractivity contribution in [2.24, 2.45) is 7.05 Å². The van der Waals surface area contributed by atoms with Gasteiger partial charge in [0.05, 0.1) is 18.2 Å². The third kappa shape index (κ3) is 6.72. The number of nitrogens with one attached hydrogen (secondary N) is 2. The van der Waals surface area contributed by atoms with Crippen molar-refractivity contribution < 1.29 is 23.6 Å². The molecule has 3 N–H and O–H groups in total.